The van der Waals surface area contributed by atoms with Gasteiger partial charge >= 0.3 is 0 Å². The van der Waals surface area contributed by atoms with E-state index in [-0.39, 0.29) is 11.7 Å². The van der Waals surface area contributed by atoms with Crippen LogP contribution in [0.4, 0.5) is 0 Å². The minimum Gasteiger partial charge on any atom is -0.349 e. The van der Waals surface area contributed by atoms with Crippen molar-refractivity contribution >= 4 is 16.0 Å². The van der Waals surface area contributed by atoms with Gasteiger partial charge in [0.1, 0.15) is 0 Å². The topological polar surface area (TPSA) is 72.5 Å². The molecule has 108 valence electrons. The normalized spacial score (nSPS) is 16.1. The molecule has 0 aliphatic carbocycles. The second-order valence-corrected chi connectivity index (χ2v) is 7.21. The summed E-state index contributed by atoms with van der Waals surface area (Å²) < 4.78 is 27.5. The van der Waals surface area contributed by atoms with Gasteiger partial charge in [-0.3, -0.25) is 8.98 Å². The lowest BCUT2D eigenvalue weighted by molar-refractivity contribution is -0.131. The average molecular weight is 279 g/mol. The Labute approximate surface area is 110 Å². The molecule has 0 saturated carbocycles. The summed E-state index contributed by atoms with van der Waals surface area (Å²) in [6.45, 7) is 9.15. The molecule has 0 saturated heterocycles. The maximum absolute atomic E-state index is 12.1. The highest BCUT2D eigenvalue weighted by Crippen LogP contribution is 2.22. The van der Waals surface area contributed by atoms with E-state index in [0.717, 1.165) is 7.11 Å². The first-order valence-corrected chi connectivity index (χ1v) is 7.70. The van der Waals surface area contributed by atoms with E-state index in [9.17, 15) is 13.2 Å². The van der Waals surface area contributed by atoms with Crippen LogP contribution in [0.1, 0.15) is 47.5 Å². The van der Waals surface area contributed by atoms with Gasteiger partial charge in [-0.1, -0.05) is 27.7 Å². The number of carbonyl (C=O) groups is 1. The van der Waals surface area contributed by atoms with Crippen molar-refractivity contribution in [3.8, 4) is 0 Å². The summed E-state index contributed by atoms with van der Waals surface area (Å²) in [7, 11) is -2.47. The van der Waals surface area contributed by atoms with E-state index in [4.69, 9.17) is 0 Å². The first kappa shape index (κ1) is 17.4. The maximum atomic E-state index is 12.1. The molecular weight excluding hydrogens is 254 g/mol. The molecule has 6 heteroatoms. The molecule has 0 aromatic carbocycles. The summed E-state index contributed by atoms with van der Waals surface area (Å²) in [6, 6.07) is 0. The Hall–Kier alpha value is -0.620. The minimum absolute atomic E-state index is 0.138. The third-order valence-corrected chi connectivity index (χ3v) is 4.94. The van der Waals surface area contributed by atoms with Gasteiger partial charge < -0.3 is 5.32 Å². The zero-order valence-corrected chi connectivity index (χ0v) is 13.0. The van der Waals surface area contributed by atoms with E-state index in [2.05, 4.69) is 9.50 Å². The number of carbonyl (C=O) groups excluding carboxylic acids is 1. The van der Waals surface area contributed by atoms with E-state index < -0.39 is 21.1 Å². The lowest BCUT2D eigenvalue weighted by Gasteiger charge is -2.33. The van der Waals surface area contributed by atoms with Gasteiger partial charge in [-0.2, -0.15) is 8.42 Å². The zero-order valence-electron chi connectivity index (χ0n) is 12.2. The van der Waals surface area contributed by atoms with Gasteiger partial charge in [-0.25, -0.2) is 0 Å². The predicted octanol–water partition coefficient (Wildman–Crippen LogP) is 1.68. The van der Waals surface area contributed by atoms with Crippen LogP contribution in [0.2, 0.25) is 0 Å². The van der Waals surface area contributed by atoms with Crippen LogP contribution in [0.25, 0.3) is 0 Å². The first-order valence-electron chi connectivity index (χ1n) is 6.13. The highest BCUT2D eigenvalue weighted by Gasteiger charge is 2.35. The van der Waals surface area contributed by atoms with Crippen LogP contribution in [-0.4, -0.2) is 32.7 Å². The summed E-state index contributed by atoms with van der Waals surface area (Å²) in [5.41, 5.74) is -1.31. The van der Waals surface area contributed by atoms with Crippen molar-refractivity contribution in [3.05, 3.63) is 0 Å². The first-order chi connectivity index (χ1) is 8.02. The number of amides is 1. The van der Waals surface area contributed by atoms with Gasteiger partial charge in [0.25, 0.3) is 10.1 Å². The molecule has 18 heavy (non-hydrogen) atoms. The standard InChI is InChI=1S/C12H25NO4S/c1-7-11(3,4)10(14)13-12(5,8-2)9-18(15,16)17-6/h7-9H2,1-6H3,(H,13,14). The maximum Gasteiger partial charge on any atom is 0.269 e. The molecule has 0 bridgehead atoms. The zero-order chi connectivity index (χ0) is 14.6. The molecule has 0 rings (SSSR count). The molecule has 0 radical (unpaired) electrons. The Morgan fingerprint density at radius 3 is 2.00 bits per heavy atom. The molecule has 0 aromatic heterocycles. The highest BCUT2D eigenvalue weighted by molar-refractivity contribution is 7.86. The van der Waals surface area contributed by atoms with Crippen molar-refractivity contribution in [3.63, 3.8) is 0 Å². The van der Waals surface area contributed by atoms with Crippen LogP contribution >= 0.6 is 0 Å². The monoisotopic (exact) mass is 279 g/mol. The summed E-state index contributed by atoms with van der Waals surface area (Å²) in [4.78, 5) is 12.1. The number of hydrogen-bond donors (Lipinski definition) is 1. The molecule has 0 spiro atoms. The van der Waals surface area contributed by atoms with E-state index >= 15 is 0 Å². The van der Waals surface area contributed by atoms with E-state index in [1.54, 1.807) is 6.92 Å². The fraction of sp³-hybridized carbons (Fsp3) is 0.917. The smallest absolute Gasteiger partial charge is 0.269 e. The van der Waals surface area contributed by atoms with Gasteiger partial charge in [0.05, 0.1) is 18.4 Å². The molecule has 0 aliphatic heterocycles. The molecule has 1 N–H and O–H groups in total. The lowest BCUT2D eigenvalue weighted by Crippen LogP contribution is -2.54. The Morgan fingerprint density at radius 1 is 1.17 bits per heavy atom. The Bertz CT molecular complexity index is 389. The molecule has 1 amide bonds. The number of nitrogens with one attached hydrogen (secondary N) is 1. The van der Waals surface area contributed by atoms with E-state index in [0.29, 0.717) is 12.8 Å². The highest BCUT2D eigenvalue weighted by atomic mass is 32.2. The van der Waals surface area contributed by atoms with E-state index in [1.807, 2.05) is 27.7 Å². The van der Waals surface area contributed by atoms with E-state index in [1.165, 1.54) is 0 Å². The molecule has 0 aromatic rings. The van der Waals surface area contributed by atoms with Crippen molar-refractivity contribution < 1.29 is 17.4 Å². The fourth-order valence-electron chi connectivity index (χ4n) is 1.28. The molecule has 1 atom stereocenters. The summed E-state index contributed by atoms with van der Waals surface area (Å²) in [5, 5.41) is 2.83. The van der Waals surface area contributed by atoms with Crippen molar-refractivity contribution in [1.82, 2.24) is 5.32 Å². The number of hydrogen-bond acceptors (Lipinski definition) is 4. The Balaban J connectivity index is 4.95. The predicted molar refractivity (Wildman–Crippen MR) is 71.7 cm³/mol. The minimum atomic E-state index is -3.60. The fourth-order valence-corrected chi connectivity index (χ4v) is 2.45. The van der Waals surface area contributed by atoms with Crippen LogP contribution in [0, 0.1) is 5.41 Å². The Morgan fingerprint density at radius 2 is 1.67 bits per heavy atom. The largest absolute Gasteiger partial charge is 0.349 e. The third kappa shape index (κ3) is 4.94. The van der Waals surface area contributed by atoms with Gasteiger partial charge in [0.15, 0.2) is 0 Å². The lowest BCUT2D eigenvalue weighted by atomic mass is 9.87. The van der Waals surface area contributed by atoms with Gasteiger partial charge in [0.2, 0.25) is 5.91 Å². The van der Waals surface area contributed by atoms with Crippen LogP contribution < -0.4 is 5.32 Å². The third-order valence-electron chi connectivity index (χ3n) is 3.44. The van der Waals surface area contributed by atoms with Gasteiger partial charge in [-0.15, -0.1) is 0 Å². The molecule has 0 aliphatic rings. The summed E-state index contributed by atoms with van der Waals surface area (Å²) >= 11 is 0. The van der Waals surface area contributed by atoms with Crippen molar-refractivity contribution in [2.45, 2.75) is 53.0 Å². The van der Waals surface area contributed by atoms with Crippen molar-refractivity contribution in [1.29, 1.82) is 0 Å². The van der Waals surface area contributed by atoms with Crippen LogP contribution in [0.3, 0.4) is 0 Å². The molecule has 0 heterocycles. The van der Waals surface area contributed by atoms with Crippen LogP contribution in [0.5, 0.6) is 0 Å². The summed E-state index contributed by atoms with van der Waals surface area (Å²) in [6.07, 6.45) is 1.21. The number of rotatable bonds is 7. The van der Waals surface area contributed by atoms with Crippen molar-refractivity contribution in [2.24, 2.45) is 5.41 Å². The average Bonchev–Trinajstić information content (AvgIpc) is 2.28. The Kier molecular flexibility index (Phi) is 5.81. The van der Waals surface area contributed by atoms with Gasteiger partial charge in [-0.05, 0) is 19.8 Å². The SMILES string of the molecule is CCC(C)(CS(=O)(=O)OC)NC(=O)C(C)(C)CC. The molecule has 5 nitrogen and oxygen atoms in total. The summed E-state index contributed by atoms with van der Waals surface area (Å²) in [5.74, 6) is -0.362. The molecular formula is C12H25NO4S. The quantitative estimate of drug-likeness (QED) is 0.720. The van der Waals surface area contributed by atoms with Crippen LogP contribution in [-0.2, 0) is 19.1 Å². The molecule has 0 fully saturated rings. The van der Waals surface area contributed by atoms with Crippen molar-refractivity contribution in [2.75, 3.05) is 12.9 Å². The van der Waals surface area contributed by atoms with Crippen LogP contribution in [0.15, 0.2) is 0 Å². The molecule has 1 unspecified atom stereocenters. The second kappa shape index (κ2) is 6.02. The second-order valence-electron chi connectivity index (χ2n) is 5.47. The van der Waals surface area contributed by atoms with Gasteiger partial charge in [0, 0.05) is 5.41 Å².